The fourth-order valence-corrected chi connectivity index (χ4v) is 1.26. The monoisotopic (exact) mass is 224 g/mol. The van der Waals surface area contributed by atoms with Crippen molar-refractivity contribution in [1.82, 2.24) is 0 Å². The molecule has 0 aliphatic rings. The molecule has 0 radical (unpaired) electrons. The summed E-state index contributed by atoms with van der Waals surface area (Å²) >= 11 is 0. The molecular weight excluding hydrogens is 208 g/mol. The number of rotatable bonds is 3. The molecule has 0 aromatic heterocycles. The van der Waals surface area contributed by atoms with E-state index in [-0.39, 0.29) is 5.56 Å². The maximum absolute atomic E-state index is 10.7. The summed E-state index contributed by atoms with van der Waals surface area (Å²) in [5.41, 5.74) is -0.168. The maximum Gasteiger partial charge on any atom is 0.337 e. The molecule has 0 saturated heterocycles. The van der Waals surface area contributed by atoms with Crippen LogP contribution in [-0.4, -0.2) is 21.8 Å². The molecule has 0 spiro atoms. The van der Waals surface area contributed by atoms with Crippen molar-refractivity contribution in [1.29, 1.82) is 0 Å². The van der Waals surface area contributed by atoms with Gasteiger partial charge in [-0.3, -0.25) is 0 Å². The van der Waals surface area contributed by atoms with Crippen LogP contribution in [0.25, 0.3) is 0 Å². The van der Waals surface area contributed by atoms with Crippen LogP contribution in [0.4, 0.5) is 0 Å². The summed E-state index contributed by atoms with van der Waals surface area (Å²) in [6.07, 6.45) is -1.56. The fraction of sp³-hybridized carbons (Fsp3) is 0.417. The zero-order valence-corrected chi connectivity index (χ0v) is 9.60. The van der Waals surface area contributed by atoms with Crippen LogP contribution in [0, 0.1) is 0 Å². The standard InChI is InChI=1S/C12H16O4/c1-12(2,3)16-9-7-5-4-6-8(9)10(13)11(14)15/h4-7,10,13H,1-3H3,(H,14,15). The van der Waals surface area contributed by atoms with Crippen LogP contribution >= 0.6 is 0 Å². The highest BCUT2D eigenvalue weighted by atomic mass is 16.5. The molecule has 1 aromatic rings. The van der Waals surface area contributed by atoms with E-state index in [1.54, 1.807) is 24.3 Å². The summed E-state index contributed by atoms with van der Waals surface area (Å²) < 4.78 is 5.58. The van der Waals surface area contributed by atoms with Gasteiger partial charge >= 0.3 is 5.97 Å². The Morgan fingerprint density at radius 3 is 2.38 bits per heavy atom. The van der Waals surface area contributed by atoms with Gasteiger partial charge in [0.15, 0.2) is 6.10 Å². The fourth-order valence-electron chi connectivity index (χ4n) is 1.26. The van der Waals surface area contributed by atoms with Crippen LogP contribution in [0.2, 0.25) is 0 Å². The van der Waals surface area contributed by atoms with Crippen LogP contribution in [0.3, 0.4) is 0 Å². The molecule has 4 nitrogen and oxygen atoms in total. The lowest BCUT2D eigenvalue weighted by Crippen LogP contribution is -2.24. The van der Waals surface area contributed by atoms with E-state index in [0.717, 1.165) is 0 Å². The summed E-state index contributed by atoms with van der Waals surface area (Å²) in [4.78, 5) is 10.7. The zero-order valence-electron chi connectivity index (χ0n) is 9.60. The smallest absolute Gasteiger partial charge is 0.337 e. The van der Waals surface area contributed by atoms with Gasteiger partial charge in [0.1, 0.15) is 11.4 Å². The number of aliphatic hydroxyl groups is 1. The van der Waals surface area contributed by atoms with Gasteiger partial charge in [-0.25, -0.2) is 4.79 Å². The highest BCUT2D eigenvalue weighted by Crippen LogP contribution is 2.28. The van der Waals surface area contributed by atoms with E-state index >= 15 is 0 Å². The summed E-state index contributed by atoms with van der Waals surface area (Å²) in [6, 6.07) is 6.59. The third-order valence-electron chi connectivity index (χ3n) is 1.86. The van der Waals surface area contributed by atoms with Crippen molar-refractivity contribution in [2.45, 2.75) is 32.5 Å². The minimum absolute atomic E-state index is 0.268. The van der Waals surface area contributed by atoms with Gasteiger partial charge in [0, 0.05) is 5.56 Å². The van der Waals surface area contributed by atoms with Gasteiger partial charge in [-0.15, -0.1) is 0 Å². The minimum atomic E-state index is -1.56. The molecule has 0 saturated carbocycles. The zero-order chi connectivity index (χ0) is 12.3. The van der Waals surface area contributed by atoms with E-state index in [4.69, 9.17) is 9.84 Å². The van der Waals surface area contributed by atoms with Gasteiger partial charge in [-0.2, -0.15) is 0 Å². The topological polar surface area (TPSA) is 66.8 Å². The van der Waals surface area contributed by atoms with Crippen LogP contribution in [0.1, 0.15) is 32.4 Å². The van der Waals surface area contributed by atoms with E-state index in [2.05, 4.69) is 0 Å². The highest BCUT2D eigenvalue weighted by molar-refractivity contribution is 5.75. The molecule has 88 valence electrons. The number of carbonyl (C=O) groups is 1. The summed E-state index contributed by atoms with van der Waals surface area (Å²) in [7, 11) is 0. The first kappa shape index (κ1) is 12.5. The summed E-state index contributed by atoms with van der Waals surface area (Å²) in [5.74, 6) is -0.894. The van der Waals surface area contributed by atoms with E-state index in [9.17, 15) is 9.90 Å². The number of aliphatic carboxylic acids is 1. The van der Waals surface area contributed by atoms with Crippen molar-refractivity contribution in [3.05, 3.63) is 29.8 Å². The summed E-state index contributed by atoms with van der Waals surface area (Å²) in [5, 5.41) is 18.2. The Hall–Kier alpha value is -1.55. The molecule has 4 heteroatoms. The first-order valence-electron chi connectivity index (χ1n) is 5.00. The van der Waals surface area contributed by atoms with Crippen molar-refractivity contribution in [2.24, 2.45) is 0 Å². The molecule has 1 atom stereocenters. The average molecular weight is 224 g/mol. The number of carboxylic acids is 1. The molecule has 0 aliphatic heterocycles. The Bertz CT molecular complexity index is 379. The predicted molar refractivity (Wildman–Crippen MR) is 59.4 cm³/mol. The van der Waals surface area contributed by atoms with Gasteiger partial charge in [-0.1, -0.05) is 18.2 Å². The second-order valence-corrected chi connectivity index (χ2v) is 4.49. The Morgan fingerprint density at radius 1 is 1.31 bits per heavy atom. The van der Waals surface area contributed by atoms with Crippen LogP contribution < -0.4 is 4.74 Å². The Labute approximate surface area is 94.5 Å². The van der Waals surface area contributed by atoms with Gasteiger partial charge in [0.25, 0.3) is 0 Å². The number of hydrogen-bond donors (Lipinski definition) is 2. The number of benzene rings is 1. The second kappa shape index (κ2) is 4.53. The van der Waals surface area contributed by atoms with Gasteiger partial charge in [0.2, 0.25) is 0 Å². The van der Waals surface area contributed by atoms with Crippen molar-refractivity contribution < 1.29 is 19.7 Å². The lowest BCUT2D eigenvalue weighted by Gasteiger charge is -2.23. The van der Waals surface area contributed by atoms with Crippen molar-refractivity contribution >= 4 is 5.97 Å². The van der Waals surface area contributed by atoms with Crippen LogP contribution in [0.15, 0.2) is 24.3 Å². The Balaban J connectivity index is 3.05. The average Bonchev–Trinajstić information content (AvgIpc) is 2.15. The largest absolute Gasteiger partial charge is 0.488 e. The molecule has 2 N–H and O–H groups in total. The number of hydrogen-bond acceptors (Lipinski definition) is 3. The lowest BCUT2D eigenvalue weighted by atomic mass is 10.1. The second-order valence-electron chi connectivity index (χ2n) is 4.49. The van der Waals surface area contributed by atoms with Crippen molar-refractivity contribution in [2.75, 3.05) is 0 Å². The number of aliphatic hydroxyl groups excluding tert-OH is 1. The molecule has 0 aliphatic carbocycles. The number of ether oxygens (including phenoxy) is 1. The van der Waals surface area contributed by atoms with Crippen molar-refractivity contribution in [3.63, 3.8) is 0 Å². The van der Waals surface area contributed by atoms with Gasteiger partial charge < -0.3 is 14.9 Å². The lowest BCUT2D eigenvalue weighted by molar-refractivity contribution is -0.147. The number of carboxylic acid groups (broad SMARTS) is 1. The first-order chi connectivity index (χ1) is 7.31. The molecular formula is C12H16O4. The van der Waals surface area contributed by atoms with Gasteiger partial charge in [-0.05, 0) is 26.8 Å². The van der Waals surface area contributed by atoms with E-state index in [0.29, 0.717) is 5.75 Å². The normalized spacial score (nSPS) is 13.2. The van der Waals surface area contributed by atoms with E-state index in [1.807, 2.05) is 20.8 Å². The first-order valence-corrected chi connectivity index (χ1v) is 5.00. The molecule has 1 aromatic carbocycles. The number of para-hydroxylation sites is 1. The Kier molecular flexibility index (Phi) is 3.55. The van der Waals surface area contributed by atoms with Gasteiger partial charge in [0.05, 0.1) is 0 Å². The molecule has 0 fully saturated rings. The van der Waals surface area contributed by atoms with Crippen LogP contribution in [-0.2, 0) is 4.79 Å². The highest BCUT2D eigenvalue weighted by Gasteiger charge is 2.22. The third-order valence-corrected chi connectivity index (χ3v) is 1.86. The molecule has 0 heterocycles. The molecule has 0 bridgehead atoms. The van der Waals surface area contributed by atoms with Crippen LogP contribution in [0.5, 0.6) is 5.75 Å². The van der Waals surface area contributed by atoms with Crippen molar-refractivity contribution in [3.8, 4) is 5.75 Å². The third kappa shape index (κ3) is 3.24. The minimum Gasteiger partial charge on any atom is -0.488 e. The quantitative estimate of drug-likeness (QED) is 0.823. The predicted octanol–water partition coefficient (Wildman–Crippen LogP) is 1.98. The molecule has 1 rings (SSSR count). The Morgan fingerprint density at radius 2 is 1.88 bits per heavy atom. The summed E-state index contributed by atoms with van der Waals surface area (Å²) in [6.45, 7) is 5.57. The molecule has 1 unspecified atom stereocenters. The van der Waals surface area contributed by atoms with E-state index < -0.39 is 17.7 Å². The van der Waals surface area contributed by atoms with E-state index in [1.165, 1.54) is 0 Å². The SMILES string of the molecule is CC(C)(C)Oc1ccccc1C(O)C(=O)O. The molecule has 0 amide bonds. The molecule has 16 heavy (non-hydrogen) atoms. The maximum atomic E-state index is 10.7.